The summed E-state index contributed by atoms with van der Waals surface area (Å²) in [7, 11) is 0. The number of rotatable bonds is 0. The summed E-state index contributed by atoms with van der Waals surface area (Å²) in [6, 6.07) is 18.1. The van der Waals surface area contributed by atoms with E-state index < -0.39 is 0 Å². The molecule has 0 amide bonds. The van der Waals surface area contributed by atoms with Crippen LogP contribution in [-0.4, -0.2) is 0 Å². The number of fused-ring (bicyclic) bond motifs is 3. The van der Waals surface area contributed by atoms with E-state index in [0.29, 0.717) is 0 Å². The molecule has 0 fully saturated rings. The second-order valence-corrected chi connectivity index (χ2v) is 3.40. The Kier molecular flexibility index (Phi) is 19.6. The minimum atomic E-state index is 0. The van der Waals surface area contributed by atoms with Gasteiger partial charge in [-0.3, -0.25) is 0 Å². The molecule has 6 heteroatoms. The van der Waals surface area contributed by atoms with Gasteiger partial charge in [-0.15, -0.1) is 5.56 Å². The van der Waals surface area contributed by atoms with Crippen LogP contribution >= 0.6 is 0 Å². The second kappa shape index (κ2) is 13.1. The molecule has 0 spiro atoms. The summed E-state index contributed by atoms with van der Waals surface area (Å²) in [4.78, 5) is 0. The van der Waals surface area contributed by atoms with Crippen molar-refractivity contribution in [2.45, 2.75) is 6.42 Å². The van der Waals surface area contributed by atoms with Crippen LogP contribution in [0.25, 0.3) is 11.1 Å². The van der Waals surface area contributed by atoms with E-state index in [0.717, 1.165) is 6.42 Å². The third-order valence-corrected chi connectivity index (χ3v) is 2.62. The molecule has 94 valence electrons. The van der Waals surface area contributed by atoms with Crippen molar-refractivity contribution in [1.82, 2.24) is 0 Å². The zero-order valence-electron chi connectivity index (χ0n) is 9.76. The Balaban J connectivity index is -0.000000187. The first-order valence-corrected chi connectivity index (χ1v) is 4.53. The maximum atomic E-state index is 3.30. The third kappa shape index (κ3) is 5.94. The van der Waals surface area contributed by atoms with Gasteiger partial charge in [0.1, 0.15) is 0 Å². The summed E-state index contributed by atoms with van der Waals surface area (Å²) in [6.07, 6.45) is 1.05. The molecule has 0 radical (unpaired) electrons. The molecular formula is C13H9Cl4Zr2+3. The van der Waals surface area contributed by atoms with Crippen molar-refractivity contribution in [1.29, 1.82) is 0 Å². The number of benzene rings is 2. The van der Waals surface area contributed by atoms with Gasteiger partial charge in [-0.1, -0.05) is 35.4 Å². The van der Waals surface area contributed by atoms with Crippen molar-refractivity contribution in [2.24, 2.45) is 0 Å². The maximum Gasteiger partial charge on any atom is 4.00 e. The largest absolute Gasteiger partial charge is 4.00 e. The van der Waals surface area contributed by atoms with E-state index in [9.17, 15) is 0 Å². The van der Waals surface area contributed by atoms with E-state index in [1.807, 2.05) is 6.07 Å². The third-order valence-electron chi connectivity index (χ3n) is 2.62. The summed E-state index contributed by atoms with van der Waals surface area (Å²) < 4.78 is 0. The molecule has 0 bridgehead atoms. The van der Waals surface area contributed by atoms with Gasteiger partial charge in [0.2, 0.25) is 0 Å². The van der Waals surface area contributed by atoms with Crippen LogP contribution in [0.5, 0.6) is 0 Å². The van der Waals surface area contributed by atoms with E-state index in [-0.39, 0.29) is 102 Å². The van der Waals surface area contributed by atoms with Crippen molar-refractivity contribution in [3.05, 3.63) is 59.7 Å². The molecule has 3 rings (SSSR count). The molecule has 0 saturated carbocycles. The molecule has 1 aliphatic rings. The van der Waals surface area contributed by atoms with Gasteiger partial charge in [-0.05, 0) is 6.42 Å². The zero-order valence-corrected chi connectivity index (χ0v) is 17.7. The summed E-state index contributed by atoms with van der Waals surface area (Å²) in [5.41, 5.74) is 5.51. The molecular weight excluding hydrogens is 480 g/mol. The fraction of sp³-hybridized carbons (Fsp3) is 0.0769. The molecule has 0 aromatic heterocycles. The Labute approximate surface area is 177 Å². The van der Waals surface area contributed by atoms with Gasteiger partial charge in [0.05, 0.1) is 0 Å². The van der Waals surface area contributed by atoms with Crippen LogP contribution in [-0.2, 0) is 58.8 Å². The first-order chi connectivity index (χ1) is 6.45. The first kappa shape index (κ1) is 28.5. The molecule has 2 aromatic rings. The van der Waals surface area contributed by atoms with Crippen LogP contribution in [0.15, 0.2) is 42.5 Å². The quantitative estimate of drug-likeness (QED) is 0.276. The minimum absolute atomic E-state index is 0. The van der Waals surface area contributed by atoms with Gasteiger partial charge in [-0.2, -0.15) is 29.8 Å². The Morgan fingerprint density at radius 2 is 1.32 bits per heavy atom. The number of halogens is 4. The summed E-state index contributed by atoms with van der Waals surface area (Å²) in [6.45, 7) is 0. The summed E-state index contributed by atoms with van der Waals surface area (Å²) in [5.74, 6) is 0. The van der Waals surface area contributed by atoms with Gasteiger partial charge in [0.25, 0.3) is 0 Å². The Morgan fingerprint density at radius 1 is 0.737 bits per heavy atom. The SMILES string of the molecule is [Cl-].[Cl-].[Cl-].[Cl-].[Zr+4].[Zr+4].[c-]1cccc2c1Cc1ccccc1-2. The van der Waals surface area contributed by atoms with Crippen molar-refractivity contribution in [2.75, 3.05) is 0 Å². The van der Waals surface area contributed by atoms with Gasteiger partial charge in [0, 0.05) is 0 Å². The van der Waals surface area contributed by atoms with Crippen LogP contribution in [0.2, 0.25) is 0 Å². The van der Waals surface area contributed by atoms with Crippen LogP contribution < -0.4 is 49.6 Å². The Bertz CT molecular complexity index is 434. The second-order valence-electron chi connectivity index (χ2n) is 3.40. The summed E-state index contributed by atoms with van der Waals surface area (Å²) in [5, 5.41) is 0. The average molecular weight is 489 g/mol. The standard InChI is InChI=1S/C13H9.4ClH.2Zr/c1-3-7-12-10(5-1)9-11-6-2-4-8-13(11)12;;;;;;/h1-5,7-8H,9H2;4*1H;;/q-1;;;;;2*+4/p-4. The van der Waals surface area contributed by atoms with E-state index in [1.54, 1.807) is 0 Å². The fourth-order valence-electron chi connectivity index (χ4n) is 2.00. The monoisotopic (exact) mass is 485 g/mol. The zero-order chi connectivity index (χ0) is 8.67. The Morgan fingerprint density at radius 3 is 2.00 bits per heavy atom. The normalized spacial score (nSPS) is 8.42. The number of hydrogen-bond donors (Lipinski definition) is 0. The molecule has 0 aliphatic heterocycles. The molecule has 0 unspecified atom stereocenters. The molecule has 2 aromatic carbocycles. The predicted molar refractivity (Wildman–Crippen MR) is 53.5 cm³/mol. The van der Waals surface area contributed by atoms with Gasteiger partial charge >= 0.3 is 52.4 Å². The van der Waals surface area contributed by atoms with Crippen LogP contribution in [0.3, 0.4) is 0 Å². The molecule has 0 N–H and O–H groups in total. The van der Waals surface area contributed by atoms with E-state index in [2.05, 4.69) is 42.5 Å². The van der Waals surface area contributed by atoms with Crippen molar-refractivity contribution >= 4 is 0 Å². The fourth-order valence-corrected chi connectivity index (χ4v) is 2.00. The van der Waals surface area contributed by atoms with Gasteiger partial charge in [-0.25, -0.2) is 0 Å². The molecule has 0 nitrogen and oxygen atoms in total. The van der Waals surface area contributed by atoms with E-state index >= 15 is 0 Å². The van der Waals surface area contributed by atoms with E-state index in [4.69, 9.17) is 0 Å². The molecule has 0 saturated heterocycles. The van der Waals surface area contributed by atoms with Crippen molar-refractivity contribution < 1.29 is 102 Å². The predicted octanol–water partition coefficient (Wildman–Crippen LogP) is -8.93. The van der Waals surface area contributed by atoms with Crippen LogP contribution in [0.4, 0.5) is 0 Å². The average Bonchev–Trinajstić information content (AvgIpc) is 2.56. The smallest absolute Gasteiger partial charge is 1.00 e. The molecule has 19 heavy (non-hydrogen) atoms. The topological polar surface area (TPSA) is 0 Å². The molecule has 0 atom stereocenters. The molecule has 1 aliphatic carbocycles. The van der Waals surface area contributed by atoms with E-state index in [1.165, 1.54) is 22.3 Å². The minimum Gasteiger partial charge on any atom is -1.00 e. The van der Waals surface area contributed by atoms with Crippen molar-refractivity contribution in [3.8, 4) is 11.1 Å². The van der Waals surface area contributed by atoms with Crippen LogP contribution in [0, 0.1) is 6.07 Å². The summed E-state index contributed by atoms with van der Waals surface area (Å²) >= 11 is 0. The molecule has 0 heterocycles. The van der Waals surface area contributed by atoms with Gasteiger partial charge in [0.15, 0.2) is 0 Å². The van der Waals surface area contributed by atoms with Gasteiger partial charge < -0.3 is 49.6 Å². The first-order valence-electron chi connectivity index (χ1n) is 4.53. The van der Waals surface area contributed by atoms with Crippen molar-refractivity contribution in [3.63, 3.8) is 0 Å². The van der Waals surface area contributed by atoms with Crippen LogP contribution in [0.1, 0.15) is 11.1 Å². The number of hydrogen-bond acceptors (Lipinski definition) is 0. The maximum absolute atomic E-state index is 3.30. The Hall–Kier alpha value is 1.37.